The lowest BCUT2D eigenvalue weighted by Gasteiger charge is -2.24. The molecular weight excluding hydrogens is 318 g/mol. The highest BCUT2D eigenvalue weighted by molar-refractivity contribution is 6.39. The lowest BCUT2D eigenvalue weighted by molar-refractivity contribution is -0.143. The number of aryl methyl sites for hydroxylation is 2. The number of amides is 2. The number of carbonyl (C=O) groups is 2. The molecule has 0 aliphatic carbocycles. The molecule has 3 heterocycles. The van der Waals surface area contributed by atoms with Crippen molar-refractivity contribution in [3.8, 4) is 0 Å². The molecule has 1 N–H and O–H groups in total. The molecule has 2 amide bonds. The van der Waals surface area contributed by atoms with Gasteiger partial charge in [-0.25, -0.2) is 0 Å². The van der Waals surface area contributed by atoms with Gasteiger partial charge in [-0.05, 0) is 51.3 Å². The van der Waals surface area contributed by atoms with Crippen molar-refractivity contribution in [2.45, 2.75) is 46.2 Å². The zero-order valence-electron chi connectivity index (χ0n) is 14.8. The fraction of sp³-hybridized carbons (Fsp3) is 0.444. The Hall–Kier alpha value is -2.70. The molecule has 7 nitrogen and oxygen atoms in total. The van der Waals surface area contributed by atoms with Crippen molar-refractivity contribution in [1.29, 1.82) is 0 Å². The molecule has 0 unspecified atom stereocenters. The summed E-state index contributed by atoms with van der Waals surface area (Å²) in [6.07, 6.45) is 5.16. The van der Waals surface area contributed by atoms with Crippen LogP contribution in [0.25, 0.3) is 0 Å². The van der Waals surface area contributed by atoms with Gasteiger partial charge in [-0.2, -0.15) is 5.10 Å². The van der Waals surface area contributed by atoms with Crippen molar-refractivity contribution in [2.24, 2.45) is 0 Å². The lowest BCUT2D eigenvalue weighted by atomic mass is 10.1. The summed E-state index contributed by atoms with van der Waals surface area (Å²) < 4.78 is 1.81. The van der Waals surface area contributed by atoms with Gasteiger partial charge in [0.25, 0.3) is 0 Å². The molecule has 2 aromatic heterocycles. The highest BCUT2D eigenvalue weighted by Gasteiger charge is 2.34. The van der Waals surface area contributed by atoms with Crippen molar-refractivity contribution < 1.29 is 9.59 Å². The van der Waals surface area contributed by atoms with Gasteiger partial charge in [0, 0.05) is 25.5 Å². The van der Waals surface area contributed by atoms with Gasteiger partial charge in [-0.1, -0.05) is 0 Å². The van der Waals surface area contributed by atoms with E-state index < -0.39 is 11.8 Å². The SMILES string of the molecule is CCn1nc(C)c(NC(=O)C(=O)N2CCC[C@H]2c2ccncc2)c1C. The molecule has 1 aliphatic rings. The summed E-state index contributed by atoms with van der Waals surface area (Å²) in [4.78, 5) is 30.9. The largest absolute Gasteiger partial charge is 0.327 e. The van der Waals surface area contributed by atoms with Gasteiger partial charge in [0.2, 0.25) is 0 Å². The van der Waals surface area contributed by atoms with E-state index in [-0.39, 0.29) is 6.04 Å². The third kappa shape index (κ3) is 3.26. The molecule has 25 heavy (non-hydrogen) atoms. The summed E-state index contributed by atoms with van der Waals surface area (Å²) in [5.74, 6) is -1.11. The minimum Gasteiger partial charge on any atom is -0.327 e. The van der Waals surface area contributed by atoms with Crippen LogP contribution in [0.3, 0.4) is 0 Å². The summed E-state index contributed by atoms with van der Waals surface area (Å²) in [5.41, 5.74) is 3.21. The summed E-state index contributed by atoms with van der Waals surface area (Å²) in [7, 11) is 0. The molecule has 1 saturated heterocycles. The minimum atomic E-state index is -0.609. The highest BCUT2D eigenvalue weighted by Crippen LogP contribution is 2.31. The monoisotopic (exact) mass is 341 g/mol. The van der Waals surface area contributed by atoms with Crippen LogP contribution in [0.4, 0.5) is 5.69 Å². The fourth-order valence-electron chi connectivity index (χ4n) is 3.43. The second kappa shape index (κ2) is 7.04. The third-order valence-electron chi connectivity index (χ3n) is 4.72. The van der Waals surface area contributed by atoms with Crippen LogP contribution in [0.2, 0.25) is 0 Å². The molecule has 3 rings (SSSR count). The zero-order chi connectivity index (χ0) is 18.0. The van der Waals surface area contributed by atoms with Gasteiger partial charge in [0.15, 0.2) is 0 Å². The average molecular weight is 341 g/mol. The summed E-state index contributed by atoms with van der Waals surface area (Å²) >= 11 is 0. The number of rotatable bonds is 3. The van der Waals surface area contributed by atoms with Crippen molar-refractivity contribution in [3.05, 3.63) is 41.5 Å². The number of hydrogen-bond acceptors (Lipinski definition) is 4. The summed E-state index contributed by atoms with van der Waals surface area (Å²) in [6, 6.07) is 3.73. The molecule has 0 spiro atoms. The molecule has 1 aliphatic heterocycles. The molecule has 1 fully saturated rings. The number of hydrogen-bond donors (Lipinski definition) is 1. The molecule has 0 aromatic carbocycles. The second-order valence-electron chi connectivity index (χ2n) is 6.25. The van der Waals surface area contributed by atoms with E-state index in [4.69, 9.17) is 0 Å². The maximum absolute atomic E-state index is 12.7. The molecular formula is C18H23N5O2. The number of likely N-dealkylation sites (tertiary alicyclic amines) is 1. The number of nitrogens with one attached hydrogen (secondary N) is 1. The first kappa shape index (κ1) is 17.1. The lowest BCUT2D eigenvalue weighted by Crippen LogP contribution is -2.39. The fourth-order valence-corrected chi connectivity index (χ4v) is 3.43. The predicted molar refractivity (Wildman–Crippen MR) is 93.9 cm³/mol. The van der Waals surface area contributed by atoms with Crippen molar-refractivity contribution in [2.75, 3.05) is 11.9 Å². The molecule has 0 radical (unpaired) electrons. The van der Waals surface area contributed by atoms with Crippen molar-refractivity contribution in [1.82, 2.24) is 19.7 Å². The van der Waals surface area contributed by atoms with Gasteiger partial charge in [0.05, 0.1) is 23.1 Å². The van der Waals surface area contributed by atoms with Gasteiger partial charge in [-0.15, -0.1) is 0 Å². The minimum absolute atomic E-state index is 0.0678. The van der Waals surface area contributed by atoms with Gasteiger partial charge < -0.3 is 10.2 Å². The topological polar surface area (TPSA) is 80.1 Å². The van der Waals surface area contributed by atoms with Crippen LogP contribution in [-0.4, -0.2) is 38.0 Å². The Balaban J connectivity index is 1.76. The third-order valence-corrected chi connectivity index (χ3v) is 4.72. The van der Waals surface area contributed by atoms with E-state index >= 15 is 0 Å². The Morgan fingerprint density at radius 3 is 2.64 bits per heavy atom. The van der Waals surface area contributed by atoms with Crippen LogP contribution < -0.4 is 5.32 Å². The van der Waals surface area contributed by atoms with Gasteiger partial charge in [0.1, 0.15) is 0 Å². The standard InChI is InChI=1S/C18H23N5O2/c1-4-23-13(3)16(12(2)21-23)20-17(24)18(25)22-11-5-6-15(22)14-7-9-19-10-8-14/h7-10,15H,4-6,11H2,1-3H3,(H,20,24)/t15-/m0/s1. The number of nitrogens with zero attached hydrogens (tertiary/aromatic N) is 4. The van der Waals surface area contributed by atoms with E-state index in [0.717, 1.165) is 24.1 Å². The normalized spacial score (nSPS) is 16.9. The maximum atomic E-state index is 12.7. The first-order chi connectivity index (χ1) is 12.0. The summed E-state index contributed by atoms with van der Waals surface area (Å²) in [6.45, 7) is 7.01. The van der Waals surface area contributed by atoms with Crippen LogP contribution >= 0.6 is 0 Å². The predicted octanol–water partition coefficient (Wildman–Crippen LogP) is 2.22. The second-order valence-corrected chi connectivity index (χ2v) is 6.25. The smallest absolute Gasteiger partial charge is 0.314 e. The number of anilines is 1. The van der Waals surface area contributed by atoms with Crippen LogP contribution in [-0.2, 0) is 16.1 Å². The van der Waals surface area contributed by atoms with E-state index in [9.17, 15) is 9.59 Å². The number of carbonyl (C=O) groups excluding carboxylic acids is 2. The number of pyridine rings is 1. The first-order valence-corrected chi connectivity index (χ1v) is 8.58. The number of aromatic nitrogens is 3. The van der Waals surface area contributed by atoms with Crippen LogP contribution in [0.5, 0.6) is 0 Å². The van der Waals surface area contributed by atoms with Crippen LogP contribution in [0, 0.1) is 13.8 Å². The maximum Gasteiger partial charge on any atom is 0.314 e. The zero-order valence-corrected chi connectivity index (χ0v) is 14.8. The Morgan fingerprint density at radius 2 is 2.00 bits per heavy atom. The molecule has 0 bridgehead atoms. The van der Waals surface area contributed by atoms with E-state index in [1.54, 1.807) is 17.3 Å². The van der Waals surface area contributed by atoms with Crippen LogP contribution in [0.1, 0.15) is 42.8 Å². The van der Waals surface area contributed by atoms with Crippen LogP contribution in [0.15, 0.2) is 24.5 Å². The van der Waals surface area contributed by atoms with Crippen molar-refractivity contribution in [3.63, 3.8) is 0 Å². The molecule has 2 aromatic rings. The Labute approximate surface area is 147 Å². The average Bonchev–Trinajstić information content (AvgIpc) is 3.22. The molecule has 0 saturated carbocycles. The van der Waals surface area contributed by atoms with E-state index in [1.807, 2.05) is 37.6 Å². The Morgan fingerprint density at radius 1 is 1.28 bits per heavy atom. The van der Waals surface area contributed by atoms with Crippen molar-refractivity contribution >= 4 is 17.5 Å². The Kier molecular flexibility index (Phi) is 4.83. The molecule has 7 heteroatoms. The van der Waals surface area contributed by atoms with E-state index in [0.29, 0.717) is 24.5 Å². The molecule has 132 valence electrons. The van der Waals surface area contributed by atoms with Gasteiger partial charge in [-0.3, -0.25) is 19.3 Å². The molecule has 1 atom stereocenters. The highest BCUT2D eigenvalue weighted by atomic mass is 16.2. The van der Waals surface area contributed by atoms with E-state index in [2.05, 4.69) is 15.4 Å². The first-order valence-electron chi connectivity index (χ1n) is 8.58. The van der Waals surface area contributed by atoms with E-state index in [1.165, 1.54) is 0 Å². The quantitative estimate of drug-likeness (QED) is 0.868. The van der Waals surface area contributed by atoms with Gasteiger partial charge >= 0.3 is 11.8 Å². The summed E-state index contributed by atoms with van der Waals surface area (Å²) in [5, 5.41) is 7.13. The Bertz CT molecular complexity index is 784.